The second-order valence-electron chi connectivity index (χ2n) is 6.06. The Hall–Kier alpha value is -0.120. The van der Waals surface area contributed by atoms with E-state index >= 15 is 0 Å². The molecule has 0 aromatic heterocycles. The van der Waals surface area contributed by atoms with Gasteiger partial charge in [0.2, 0.25) is 0 Å². The predicted molar refractivity (Wildman–Crippen MR) is 75.9 cm³/mol. The highest BCUT2D eigenvalue weighted by molar-refractivity contribution is 4.88. The molecule has 18 heavy (non-hydrogen) atoms. The predicted octanol–water partition coefficient (Wildman–Crippen LogP) is 2.41. The number of nitrogens with one attached hydrogen (secondary N) is 1. The zero-order valence-corrected chi connectivity index (χ0v) is 12.3. The van der Waals surface area contributed by atoms with Crippen LogP contribution in [0.25, 0.3) is 0 Å². The summed E-state index contributed by atoms with van der Waals surface area (Å²) >= 11 is 0. The van der Waals surface area contributed by atoms with Crippen molar-refractivity contribution in [2.45, 2.75) is 76.6 Å². The number of nitrogens with zero attached hydrogens (tertiary/aromatic N) is 1. The van der Waals surface area contributed by atoms with Crippen LogP contribution in [0.1, 0.15) is 52.4 Å². The normalized spacial score (nSPS) is 37.3. The second kappa shape index (κ2) is 6.88. The molecule has 0 bridgehead atoms. The zero-order chi connectivity index (χ0) is 13.0. The molecule has 0 amide bonds. The third-order valence-corrected chi connectivity index (χ3v) is 4.82. The van der Waals surface area contributed by atoms with Crippen LogP contribution in [-0.4, -0.2) is 49.3 Å². The minimum atomic E-state index is 0.422. The van der Waals surface area contributed by atoms with E-state index in [1.165, 1.54) is 45.1 Å². The molecule has 1 heterocycles. The van der Waals surface area contributed by atoms with E-state index in [0.29, 0.717) is 12.1 Å². The van der Waals surface area contributed by atoms with Crippen LogP contribution < -0.4 is 5.32 Å². The fraction of sp³-hybridized carbons (Fsp3) is 1.00. The molecule has 2 atom stereocenters. The van der Waals surface area contributed by atoms with E-state index in [1.54, 1.807) is 0 Å². The van der Waals surface area contributed by atoms with Crippen LogP contribution in [-0.2, 0) is 4.74 Å². The molecule has 3 heteroatoms. The van der Waals surface area contributed by atoms with E-state index in [-0.39, 0.29) is 0 Å². The first-order chi connectivity index (χ1) is 8.72. The molecule has 1 aliphatic heterocycles. The molecule has 1 saturated carbocycles. The number of rotatable bonds is 5. The molecule has 2 aliphatic rings. The lowest BCUT2D eigenvalue weighted by Crippen LogP contribution is -2.47. The molecule has 1 N–H and O–H groups in total. The van der Waals surface area contributed by atoms with E-state index in [4.69, 9.17) is 4.74 Å². The van der Waals surface area contributed by atoms with E-state index in [0.717, 1.165) is 18.7 Å². The molecular formula is C15H30N2O. The molecule has 2 rings (SSSR count). The van der Waals surface area contributed by atoms with Gasteiger partial charge in [0.1, 0.15) is 0 Å². The molecule has 1 aliphatic carbocycles. The van der Waals surface area contributed by atoms with Crippen LogP contribution in [0.15, 0.2) is 0 Å². The maximum absolute atomic E-state index is 5.70. The Morgan fingerprint density at radius 1 is 1.17 bits per heavy atom. The van der Waals surface area contributed by atoms with Crippen LogP contribution in [0.2, 0.25) is 0 Å². The van der Waals surface area contributed by atoms with Gasteiger partial charge in [-0.3, -0.25) is 4.90 Å². The monoisotopic (exact) mass is 254 g/mol. The van der Waals surface area contributed by atoms with Crippen molar-refractivity contribution in [3.63, 3.8) is 0 Å². The molecule has 2 fully saturated rings. The van der Waals surface area contributed by atoms with Crippen LogP contribution in [0.4, 0.5) is 0 Å². The molecule has 2 unspecified atom stereocenters. The van der Waals surface area contributed by atoms with Crippen molar-refractivity contribution in [2.24, 2.45) is 0 Å². The van der Waals surface area contributed by atoms with Crippen molar-refractivity contribution in [3.05, 3.63) is 0 Å². The lowest BCUT2D eigenvalue weighted by molar-refractivity contribution is 0.0558. The molecule has 0 aromatic rings. The number of hydrogen-bond acceptors (Lipinski definition) is 3. The first kappa shape index (κ1) is 14.3. The summed E-state index contributed by atoms with van der Waals surface area (Å²) in [5, 5.41) is 3.67. The van der Waals surface area contributed by atoms with Crippen molar-refractivity contribution in [3.8, 4) is 0 Å². The van der Waals surface area contributed by atoms with Gasteiger partial charge in [-0.15, -0.1) is 0 Å². The van der Waals surface area contributed by atoms with Gasteiger partial charge in [0.15, 0.2) is 0 Å². The molecule has 1 saturated heterocycles. The third kappa shape index (κ3) is 3.46. The molecule has 3 nitrogen and oxygen atoms in total. The number of hydrogen-bond donors (Lipinski definition) is 1. The Labute approximate surface area is 112 Å². The number of likely N-dealkylation sites (N-methyl/N-ethyl adjacent to an activating group) is 1. The van der Waals surface area contributed by atoms with E-state index < -0.39 is 0 Å². The highest BCUT2D eigenvalue weighted by atomic mass is 16.5. The Morgan fingerprint density at radius 3 is 2.44 bits per heavy atom. The topological polar surface area (TPSA) is 24.5 Å². The van der Waals surface area contributed by atoms with Crippen LogP contribution in [0.3, 0.4) is 0 Å². The average molecular weight is 254 g/mol. The second-order valence-corrected chi connectivity index (χ2v) is 6.06. The van der Waals surface area contributed by atoms with Gasteiger partial charge >= 0.3 is 0 Å². The molecule has 0 radical (unpaired) electrons. The highest BCUT2D eigenvalue weighted by Gasteiger charge is 2.33. The summed E-state index contributed by atoms with van der Waals surface area (Å²) in [6, 6.07) is 2.20. The quantitative estimate of drug-likeness (QED) is 0.815. The smallest absolute Gasteiger partial charge is 0.0703 e. The standard InChI is InChI=1S/C15H30N2O/c1-4-10-16-13-5-7-14(8-6-13)17(3)15-9-11-18-12(15)2/h12-16H,4-11H2,1-3H3. The van der Waals surface area contributed by atoms with Gasteiger partial charge in [0, 0.05) is 24.7 Å². The fourth-order valence-electron chi connectivity index (χ4n) is 3.56. The van der Waals surface area contributed by atoms with Crippen molar-refractivity contribution < 1.29 is 4.74 Å². The largest absolute Gasteiger partial charge is 0.377 e. The molecule has 0 spiro atoms. The SMILES string of the molecule is CCCNC1CCC(N(C)C2CCOC2C)CC1. The minimum Gasteiger partial charge on any atom is -0.377 e. The van der Waals surface area contributed by atoms with Crippen LogP contribution >= 0.6 is 0 Å². The van der Waals surface area contributed by atoms with E-state index in [2.05, 4.69) is 31.1 Å². The summed E-state index contributed by atoms with van der Waals surface area (Å²) in [6.45, 7) is 6.60. The van der Waals surface area contributed by atoms with Crippen LogP contribution in [0.5, 0.6) is 0 Å². The third-order valence-electron chi connectivity index (χ3n) is 4.82. The highest BCUT2D eigenvalue weighted by Crippen LogP contribution is 2.27. The first-order valence-electron chi connectivity index (χ1n) is 7.79. The van der Waals surface area contributed by atoms with Crippen molar-refractivity contribution in [1.82, 2.24) is 10.2 Å². The van der Waals surface area contributed by atoms with Crippen molar-refractivity contribution in [1.29, 1.82) is 0 Å². The van der Waals surface area contributed by atoms with Gasteiger partial charge in [-0.1, -0.05) is 6.92 Å². The zero-order valence-electron chi connectivity index (χ0n) is 12.3. The van der Waals surface area contributed by atoms with Crippen molar-refractivity contribution >= 4 is 0 Å². The summed E-state index contributed by atoms with van der Waals surface area (Å²) in [4.78, 5) is 2.60. The lowest BCUT2D eigenvalue weighted by atomic mass is 9.89. The van der Waals surface area contributed by atoms with Crippen LogP contribution in [0, 0.1) is 0 Å². The Morgan fingerprint density at radius 2 is 1.89 bits per heavy atom. The summed E-state index contributed by atoms with van der Waals surface area (Å²) in [6.07, 6.45) is 8.27. The van der Waals surface area contributed by atoms with E-state index in [1.807, 2.05) is 0 Å². The molecule has 0 aromatic carbocycles. The van der Waals surface area contributed by atoms with Gasteiger partial charge < -0.3 is 10.1 Å². The lowest BCUT2D eigenvalue weighted by Gasteiger charge is -2.39. The minimum absolute atomic E-state index is 0.422. The van der Waals surface area contributed by atoms with E-state index in [9.17, 15) is 0 Å². The summed E-state index contributed by atoms with van der Waals surface area (Å²) in [7, 11) is 2.31. The first-order valence-corrected chi connectivity index (χ1v) is 7.79. The summed E-state index contributed by atoms with van der Waals surface area (Å²) in [5.41, 5.74) is 0. The van der Waals surface area contributed by atoms with Gasteiger partial charge in [0.25, 0.3) is 0 Å². The average Bonchev–Trinajstić information content (AvgIpc) is 2.82. The van der Waals surface area contributed by atoms with Gasteiger partial charge in [-0.25, -0.2) is 0 Å². The Balaban J connectivity index is 1.75. The summed E-state index contributed by atoms with van der Waals surface area (Å²) in [5.74, 6) is 0. The number of ether oxygens (including phenoxy) is 1. The summed E-state index contributed by atoms with van der Waals surface area (Å²) < 4.78 is 5.70. The molecular weight excluding hydrogens is 224 g/mol. The van der Waals surface area contributed by atoms with Gasteiger partial charge in [0.05, 0.1) is 6.10 Å². The molecule has 106 valence electrons. The maximum atomic E-state index is 5.70. The fourth-order valence-corrected chi connectivity index (χ4v) is 3.56. The van der Waals surface area contributed by atoms with Crippen molar-refractivity contribution in [2.75, 3.05) is 20.2 Å². The van der Waals surface area contributed by atoms with Gasteiger partial charge in [-0.2, -0.15) is 0 Å². The Bertz CT molecular complexity index is 239. The van der Waals surface area contributed by atoms with Gasteiger partial charge in [-0.05, 0) is 59.0 Å². The maximum Gasteiger partial charge on any atom is 0.0703 e. The Kier molecular flexibility index (Phi) is 5.46.